The third kappa shape index (κ3) is 4.37. The largest absolute Gasteiger partial charge is 0.416 e. The van der Waals surface area contributed by atoms with E-state index in [1.54, 1.807) is 43.3 Å². The molecule has 7 nitrogen and oxygen atoms in total. The fraction of sp³-hybridized carbons (Fsp3) is 0.120. The number of hydrogen-bond acceptors (Lipinski definition) is 5. The van der Waals surface area contributed by atoms with Gasteiger partial charge in [0.05, 0.1) is 16.2 Å². The number of nitro benzene ring substituents is 1. The fourth-order valence-corrected chi connectivity index (χ4v) is 3.87. The van der Waals surface area contributed by atoms with Crippen molar-refractivity contribution in [2.24, 2.45) is 0 Å². The highest BCUT2D eigenvalue weighted by atomic mass is 19.4. The van der Waals surface area contributed by atoms with Gasteiger partial charge in [-0.1, -0.05) is 30.3 Å². The molecule has 0 saturated heterocycles. The molecule has 1 aliphatic rings. The predicted molar refractivity (Wildman–Crippen MR) is 125 cm³/mol. The van der Waals surface area contributed by atoms with E-state index in [-0.39, 0.29) is 28.1 Å². The molecule has 1 aliphatic heterocycles. The van der Waals surface area contributed by atoms with Crippen LogP contribution in [0.1, 0.15) is 27.0 Å². The number of amides is 2. The van der Waals surface area contributed by atoms with E-state index in [0.29, 0.717) is 16.2 Å². The lowest BCUT2D eigenvalue weighted by atomic mass is 9.91. The van der Waals surface area contributed by atoms with Gasteiger partial charge in [0.1, 0.15) is 5.69 Å². The topological polar surface area (TPSA) is 83.8 Å². The first-order valence-corrected chi connectivity index (χ1v) is 10.3. The summed E-state index contributed by atoms with van der Waals surface area (Å²) in [5.41, 5.74) is -0.331. The molecule has 0 radical (unpaired) electrons. The van der Waals surface area contributed by atoms with Gasteiger partial charge in [-0.3, -0.25) is 19.7 Å². The number of rotatable bonds is 4. The van der Waals surface area contributed by atoms with Gasteiger partial charge in [0.2, 0.25) is 0 Å². The van der Waals surface area contributed by atoms with E-state index in [2.05, 4.69) is 0 Å². The van der Waals surface area contributed by atoms with Crippen LogP contribution in [-0.2, 0) is 11.0 Å². The van der Waals surface area contributed by atoms with Crippen LogP contribution in [0.2, 0.25) is 0 Å². The molecule has 0 atom stereocenters. The summed E-state index contributed by atoms with van der Waals surface area (Å²) in [6.45, 7) is 0. The third-order valence-corrected chi connectivity index (χ3v) is 5.50. The minimum atomic E-state index is -4.67. The Morgan fingerprint density at radius 3 is 2.23 bits per heavy atom. The highest BCUT2D eigenvalue weighted by Crippen LogP contribution is 2.37. The molecule has 0 N–H and O–H groups in total. The Bertz CT molecular complexity index is 1400. The average Bonchev–Trinajstić information content (AvgIpc) is 2.81. The van der Waals surface area contributed by atoms with Crippen LogP contribution in [0, 0.1) is 10.1 Å². The molecule has 0 aliphatic carbocycles. The zero-order chi connectivity index (χ0) is 25.5. The Kier molecular flexibility index (Phi) is 5.89. The van der Waals surface area contributed by atoms with E-state index in [0.717, 1.165) is 18.2 Å². The summed E-state index contributed by atoms with van der Waals surface area (Å²) in [6.07, 6.45) is -3.28. The van der Waals surface area contributed by atoms with Gasteiger partial charge in [-0.05, 0) is 47.5 Å². The molecule has 4 rings (SSSR count). The van der Waals surface area contributed by atoms with Crippen molar-refractivity contribution in [2.75, 3.05) is 23.9 Å². The molecule has 3 aromatic rings. The molecule has 0 fully saturated rings. The van der Waals surface area contributed by atoms with Gasteiger partial charge in [0.25, 0.3) is 17.5 Å². The van der Waals surface area contributed by atoms with Gasteiger partial charge in [-0.25, -0.2) is 4.90 Å². The number of hydrogen-bond donors (Lipinski definition) is 0. The lowest BCUT2D eigenvalue weighted by molar-refractivity contribution is -0.384. The Balaban J connectivity index is 1.89. The summed E-state index contributed by atoms with van der Waals surface area (Å²) in [5, 5.41) is 11.6. The average molecular weight is 481 g/mol. The number of benzene rings is 3. The second kappa shape index (κ2) is 8.71. The first-order chi connectivity index (χ1) is 16.5. The molecular formula is C25H18F3N3O4. The van der Waals surface area contributed by atoms with Crippen molar-refractivity contribution in [1.82, 2.24) is 0 Å². The summed E-state index contributed by atoms with van der Waals surface area (Å²) >= 11 is 0. The zero-order valence-corrected chi connectivity index (χ0v) is 18.5. The number of fused-ring (bicyclic) bond motifs is 1. The molecule has 0 bridgehead atoms. The van der Waals surface area contributed by atoms with Crippen molar-refractivity contribution in [3.63, 3.8) is 0 Å². The summed E-state index contributed by atoms with van der Waals surface area (Å²) in [4.78, 5) is 39.9. The Morgan fingerprint density at radius 2 is 1.60 bits per heavy atom. The van der Waals surface area contributed by atoms with Crippen molar-refractivity contribution in [2.45, 2.75) is 6.18 Å². The zero-order valence-electron chi connectivity index (χ0n) is 18.5. The number of nitro groups is 1. The molecule has 0 saturated carbocycles. The number of nitrogens with zero attached hydrogens (tertiary/aromatic N) is 3. The molecule has 1 heterocycles. The maximum Gasteiger partial charge on any atom is 0.416 e. The summed E-state index contributed by atoms with van der Waals surface area (Å²) in [5.74, 6) is -1.61. The predicted octanol–water partition coefficient (Wildman–Crippen LogP) is 5.41. The van der Waals surface area contributed by atoms with Gasteiger partial charge < -0.3 is 4.90 Å². The van der Waals surface area contributed by atoms with E-state index in [9.17, 15) is 32.9 Å². The lowest BCUT2D eigenvalue weighted by Gasteiger charge is -2.29. The van der Waals surface area contributed by atoms with Gasteiger partial charge in [-0.2, -0.15) is 13.2 Å². The molecule has 3 aromatic carbocycles. The van der Waals surface area contributed by atoms with Crippen LogP contribution in [0.25, 0.3) is 11.6 Å². The molecule has 0 unspecified atom stereocenters. The van der Waals surface area contributed by atoms with Crippen molar-refractivity contribution in [3.05, 3.63) is 99.1 Å². The smallest absolute Gasteiger partial charge is 0.372 e. The van der Waals surface area contributed by atoms with Crippen LogP contribution in [0.3, 0.4) is 0 Å². The van der Waals surface area contributed by atoms with E-state index in [4.69, 9.17) is 0 Å². The van der Waals surface area contributed by atoms with Crippen molar-refractivity contribution in [1.29, 1.82) is 0 Å². The third-order valence-electron chi connectivity index (χ3n) is 5.50. The first kappa shape index (κ1) is 23.7. The molecule has 35 heavy (non-hydrogen) atoms. The Morgan fingerprint density at radius 1 is 0.914 bits per heavy atom. The maximum absolute atomic E-state index is 13.5. The highest BCUT2D eigenvalue weighted by Gasteiger charge is 2.37. The van der Waals surface area contributed by atoms with Gasteiger partial charge in [0.15, 0.2) is 0 Å². The van der Waals surface area contributed by atoms with Crippen LogP contribution < -0.4 is 9.80 Å². The van der Waals surface area contributed by atoms with Crippen LogP contribution in [0.4, 0.5) is 30.2 Å². The fourth-order valence-electron chi connectivity index (χ4n) is 3.87. The molecule has 0 spiro atoms. The number of anilines is 2. The van der Waals surface area contributed by atoms with Crippen molar-refractivity contribution >= 4 is 40.5 Å². The molecule has 0 aromatic heterocycles. The van der Waals surface area contributed by atoms with Crippen LogP contribution in [-0.4, -0.2) is 30.8 Å². The molecular weight excluding hydrogens is 463 g/mol. The van der Waals surface area contributed by atoms with Crippen molar-refractivity contribution in [3.8, 4) is 0 Å². The number of carbonyl (C=O) groups is 2. The SMILES string of the molecule is CN(C)c1ccc(C=C2C(=O)N(c3cccc(C(F)(F)F)c3)C(=O)c3ccccc32)cc1[N+](=O)[O-]. The van der Waals surface area contributed by atoms with E-state index >= 15 is 0 Å². The van der Waals surface area contributed by atoms with E-state index in [1.165, 1.54) is 30.3 Å². The van der Waals surface area contributed by atoms with Crippen LogP contribution in [0.15, 0.2) is 66.7 Å². The van der Waals surface area contributed by atoms with E-state index < -0.39 is 28.5 Å². The number of imide groups is 1. The monoisotopic (exact) mass is 481 g/mol. The Hall–Kier alpha value is -4.47. The number of carbonyl (C=O) groups excluding carboxylic acids is 2. The summed E-state index contributed by atoms with van der Waals surface area (Å²) in [6, 6.07) is 14.5. The molecule has 178 valence electrons. The minimum absolute atomic E-state index is 0.0181. The van der Waals surface area contributed by atoms with Gasteiger partial charge in [-0.15, -0.1) is 0 Å². The number of alkyl halides is 3. The second-order valence-corrected chi connectivity index (χ2v) is 8.00. The quantitative estimate of drug-likeness (QED) is 0.215. The van der Waals surface area contributed by atoms with Gasteiger partial charge in [0, 0.05) is 31.3 Å². The normalized spacial score (nSPS) is 14.8. The van der Waals surface area contributed by atoms with Gasteiger partial charge >= 0.3 is 6.18 Å². The van der Waals surface area contributed by atoms with Crippen molar-refractivity contribution < 1.29 is 27.7 Å². The summed E-state index contributed by atoms with van der Waals surface area (Å²) < 4.78 is 39.8. The second-order valence-electron chi connectivity index (χ2n) is 8.00. The van der Waals surface area contributed by atoms with Crippen LogP contribution >= 0.6 is 0 Å². The maximum atomic E-state index is 13.5. The standard InChI is InChI=1S/C25H18F3N3O4/c1-29(2)21-11-10-15(13-22(21)31(34)35)12-20-18-8-3-4-9-19(18)23(32)30(24(20)33)17-7-5-6-16(14-17)25(26,27)28/h3-14H,1-2H3. The Labute approximate surface area is 197 Å². The first-order valence-electron chi connectivity index (χ1n) is 10.3. The van der Waals surface area contributed by atoms with E-state index in [1.807, 2.05) is 0 Å². The summed E-state index contributed by atoms with van der Waals surface area (Å²) in [7, 11) is 3.31. The molecule has 10 heteroatoms. The molecule has 2 amide bonds. The number of halogens is 3. The minimum Gasteiger partial charge on any atom is -0.372 e. The lowest BCUT2D eigenvalue weighted by Crippen LogP contribution is -2.41. The van der Waals surface area contributed by atoms with Crippen LogP contribution in [0.5, 0.6) is 0 Å². The highest BCUT2D eigenvalue weighted by molar-refractivity contribution is 6.43.